The van der Waals surface area contributed by atoms with Gasteiger partial charge in [0.2, 0.25) is 0 Å². The van der Waals surface area contributed by atoms with Gasteiger partial charge in [-0.1, -0.05) is 18.2 Å². The molecule has 1 amide bonds. The Hall–Kier alpha value is -3.21. The number of hydrogen-bond donors (Lipinski definition) is 1. The van der Waals surface area contributed by atoms with E-state index in [1.165, 1.54) is 0 Å². The zero-order valence-electron chi connectivity index (χ0n) is 14.9. The summed E-state index contributed by atoms with van der Waals surface area (Å²) in [6, 6.07) is 18.1. The highest BCUT2D eigenvalue weighted by atomic mass is 16.3. The van der Waals surface area contributed by atoms with E-state index in [0.717, 1.165) is 5.69 Å². The Morgan fingerprint density at radius 3 is 2.31 bits per heavy atom. The van der Waals surface area contributed by atoms with E-state index < -0.39 is 0 Å². The van der Waals surface area contributed by atoms with Crippen LogP contribution in [0.4, 0.5) is 5.69 Å². The fraction of sp³-hybridized carbons (Fsp3) is 0.190. The summed E-state index contributed by atoms with van der Waals surface area (Å²) in [6.07, 6.45) is 1.59. The van der Waals surface area contributed by atoms with Crippen molar-refractivity contribution in [2.75, 3.05) is 19.0 Å². The lowest BCUT2D eigenvalue weighted by Gasteiger charge is -2.23. The summed E-state index contributed by atoms with van der Waals surface area (Å²) in [4.78, 5) is 16.7. The molecule has 0 atom stereocenters. The number of carbonyl (C=O) groups is 1. The molecule has 5 nitrogen and oxygen atoms in total. The SMILES string of the molecule is CN(C)c1ccc(C(=O)N(Cc2ccco2)Cc2ccccc2O)cc1. The summed E-state index contributed by atoms with van der Waals surface area (Å²) >= 11 is 0. The number of phenolic OH excluding ortho intramolecular Hbond substituents is 1. The van der Waals surface area contributed by atoms with Gasteiger partial charge in [-0.05, 0) is 42.5 Å². The van der Waals surface area contributed by atoms with E-state index in [-0.39, 0.29) is 11.7 Å². The molecule has 0 aliphatic rings. The first-order chi connectivity index (χ1) is 12.5. The van der Waals surface area contributed by atoms with E-state index in [1.54, 1.807) is 29.4 Å². The van der Waals surface area contributed by atoms with Crippen LogP contribution in [0.25, 0.3) is 0 Å². The lowest BCUT2D eigenvalue weighted by Crippen LogP contribution is -2.30. The van der Waals surface area contributed by atoms with Crippen LogP contribution in [0.15, 0.2) is 71.3 Å². The van der Waals surface area contributed by atoms with E-state index in [9.17, 15) is 9.90 Å². The Morgan fingerprint density at radius 2 is 1.69 bits per heavy atom. The number of rotatable bonds is 6. The van der Waals surface area contributed by atoms with Gasteiger partial charge < -0.3 is 19.3 Å². The lowest BCUT2D eigenvalue weighted by molar-refractivity contribution is 0.0716. The van der Waals surface area contributed by atoms with Crippen molar-refractivity contribution in [1.29, 1.82) is 0 Å². The van der Waals surface area contributed by atoms with Crippen LogP contribution in [-0.2, 0) is 13.1 Å². The van der Waals surface area contributed by atoms with E-state index in [4.69, 9.17) is 4.42 Å². The Morgan fingerprint density at radius 1 is 0.962 bits per heavy atom. The maximum Gasteiger partial charge on any atom is 0.254 e. The molecule has 26 heavy (non-hydrogen) atoms. The van der Waals surface area contributed by atoms with E-state index in [0.29, 0.717) is 30.0 Å². The number of amides is 1. The Kier molecular flexibility index (Phi) is 5.27. The second-order valence-corrected chi connectivity index (χ2v) is 6.31. The molecule has 0 fully saturated rings. The van der Waals surface area contributed by atoms with Crippen LogP contribution in [0.1, 0.15) is 21.7 Å². The van der Waals surface area contributed by atoms with E-state index in [2.05, 4.69) is 0 Å². The number of anilines is 1. The van der Waals surface area contributed by atoms with Gasteiger partial charge in [-0.3, -0.25) is 4.79 Å². The molecule has 0 aliphatic heterocycles. The molecular weight excluding hydrogens is 328 g/mol. The molecule has 0 spiro atoms. The largest absolute Gasteiger partial charge is 0.508 e. The highest BCUT2D eigenvalue weighted by Gasteiger charge is 2.19. The molecule has 0 unspecified atom stereocenters. The minimum Gasteiger partial charge on any atom is -0.508 e. The summed E-state index contributed by atoms with van der Waals surface area (Å²) in [7, 11) is 3.91. The molecule has 3 aromatic rings. The first-order valence-corrected chi connectivity index (χ1v) is 8.40. The Labute approximate surface area is 153 Å². The molecule has 1 heterocycles. The third kappa shape index (κ3) is 4.06. The highest BCUT2D eigenvalue weighted by Crippen LogP contribution is 2.21. The molecule has 2 aromatic carbocycles. The minimum absolute atomic E-state index is 0.116. The number of para-hydroxylation sites is 1. The highest BCUT2D eigenvalue weighted by molar-refractivity contribution is 5.94. The van der Waals surface area contributed by atoms with Gasteiger partial charge in [0.1, 0.15) is 11.5 Å². The smallest absolute Gasteiger partial charge is 0.254 e. The standard InChI is InChI=1S/C21H22N2O3/c1-22(2)18-11-9-16(10-12-18)21(25)23(15-19-7-5-13-26-19)14-17-6-3-4-8-20(17)24/h3-13,24H,14-15H2,1-2H3. The summed E-state index contributed by atoms with van der Waals surface area (Å²) in [5.41, 5.74) is 2.31. The average molecular weight is 350 g/mol. The number of phenols is 1. The molecular formula is C21H22N2O3. The van der Waals surface area contributed by atoms with Gasteiger partial charge in [-0.2, -0.15) is 0 Å². The molecule has 0 aliphatic carbocycles. The van der Waals surface area contributed by atoms with Gasteiger partial charge in [0.05, 0.1) is 19.4 Å². The van der Waals surface area contributed by atoms with Gasteiger partial charge in [0, 0.05) is 30.9 Å². The Balaban J connectivity index is 1.86. The van der Waals surface area contributed by atoms with Crippen LogP contribution in [0.5, 0.6) is 5.75 Å². The third-order valence-corrected chi connectivity index (χ3v) is 4.20. The fourth-order valence-electron chi connectivity index (χ4n) is 2.73. The average Bonchev–Trinajstić information content (AvgIpc) is 3.15. The quantitative estimate of drug-likeness (QED) is 0.733. The van der Waals surface area contributed by atoms with Crippen molar-refractivity contribution in [1.82, 2.24) is 4.90 Å². The normalized spacial score (nSPS) is 10.5. The van der Waals surface area contributed by atoms with Crippen molar-refractivity contribution in [2.24, 2.45) is 0 Å². The third-order valence-electron chi connectivity index (χ3n) is 4.20. The molecule has 0 bridgehead atoms. The number of aromatic hydroxyl groups is 1. The monoisotopic (exact) mass is 350 g/mol. The van der Waals surface area contributed by atoms with Gasteiger partial charge in [0.25, 0.3) is 5.91 Å². The number of nitrogens with zero attached hydrogens (tertiary/aromatic N) is 2. The zero-order chi connectivity index (χ0) is 18.5. The fourth-order valence-corrected chi connectivity index (χ4v) is 2.73. The zero-order valence-corrected chi connectivity index (χ0v) is 14.9. The minimum atomic E-state index is -0.116. The van der Waals surface area contributed by atoms with Crippen molar-refractivity contribution in [3.8, 4) is 5.75 Å². The summed E-state index contributed by atoms with van der Waals surface area (Å²) < 4.78 is 5.41. The summed E-state index contributed by atoms with van der Waals surface area (Å²) in [5.74, 6) is 0.751. The van der Waals surface area contributed by atoms with Crippen molar-refractivity contribution in [3.05, 3.63) is 83.8 Å². The number of benzene rings is 2. The lowest BCUT2D eigenvalue weighted by atomic mass is 10.1. The van der Waals surface area contributed by atoms with Crippen LogP contribution in [-0.4, -0.2) is 30.0 Å². The second-order valence-electron chi connectivity index (χ2n) is 6.31. The number of furan rings is 1. The van der Waals surface area contributed by atoms with Gasteiger partial charge in [-0.25, -0.2) is 0 Å². The number of hydrogen-bond acceptors (Lipinski definition) is 4. The van der Waals surface area contributed by atoms with Crippen molar-refractivity contribution in [3.63, 3.8) is 0 Å². The maximum absolute atomic E-state index is 13.1. The van der Waals surface area contributed by atoms with Crippen LogP contribution in [0.2, 0.25) is 0 Å². The van der Waals surface area contributed by atoms with Gasteiger partial charge >= 0.3 is 0 Å². The molecule has 5 heteroatoms. The molecule has 0 saturated carbocycles. The van der Waals surface area contributed by atoms with Crippen LogP contribution < -0.4 is 4.90 Å². The van der Waals surface area contributed by atoms with E-state index >= 15 is 0 Å². The van der Waals surface area contributed by atoms with E-state index in [1.807, 2.05) is 61.5 Å². The second kappa shape index (κ2) is 7.78. The molecule has 0 saturated heterocycles. The van der Waals surface area contributed by atoms with Gasteiger partial charge in [-0.15, -0.1) is 0 Å². The Bertz CT molecular complexity index is 855. The predicted molar refractivity (Wildman–Crippen MR) is 101 cm³/mol. The predicted octanol–water partition coefficient (Wildman–Crippen LogP) is 3.89. The molecule has 0 radical (unpaired) electrons. The van der Waals surface area contributed by atoms with Crippen LogP contribution in [0.3, 0.4) is 0 Å². The number of carbonyl (C=O) groups excluding carboxylic acids is 1. The first kappa shape index (κ1) is 17.6. The maximum atomic E-state index is 13.1. The summed E-state index contributed by atoms with van der Waals surface area (Å²) in [6.45, 7) is 0.622. The van der Waals surface area contributed by atoms with Crippen molar-refractivity contribution < 1.29 is 14.3 Å². The van der Waals surface area contributed by atoms with Crippen LogP contribution >= 0.6 is 0 Å². The summed E-state index contributed by atoms with van der Waals surface area (Å²) in [5, 5.41) is 10.1. The molecule has 1 N–H and O–H groups in total. The molecule has 134 valence electrons. The van der Waals surface area contributed by atoms with Gasteiger partial charge in [0.15, 0.2) is 0 Å². The molecule has 1 aromatic heterocycles. The van der Waals surface area contributed by atoms with Crippen molar-refractivity contribution >= 4 is 11.6 Å². The van der Waals surface area contributed by atoms with Crippen molar-refractivity contribution in [2.45, 2.75) is 13.1 Å². The first-order valence-electron chi connectivity index (χ1n) is 8.40. The molecule has 3 rings (SSSR count). The van der Waals surface area contributed by atoms with Crippen LogP contribution in [0, 0.1) is 0 Å². The topological polar surface area (TPSA) is 56.9 Å².